The fourth-order valence-electron chi connectivity index (χ4n) is 1.83. The number of nitrogens with one attached hydrogen (secondary N) is 2. The summed E-state index contributed by atoms with van der Waals surface area (Å²) in [4.78, 5) is 22.9. The Bertz CT molecular complexity index is 469. The molecule has 19 heavy (non-hydrogen) atoms. The van der Waals surface area contributed by atoms with Crippen molar-refractivity contribution in [2.24, 2.45) is 0 Å². The number of carboxylic acid groups (broad SMARTS) is 1. The van der Waals surface area contributed by atoms with Crippen LogP contribution in [0.3, 0.4) is 0 Å². The zero-order chi connectivity index (χ0) is 13.9. The Morgan fingerprint density at radius 2 is 1.95 bits per heavy atom. The van der Waals surface area contributed by atoms with Gasteiger partial charge < -0.3 is 15.7 Å². The standard InChI is InChI=1S/C14H18N2O3/c1-14(7-8-14)16-13(19)15-11(12(17)18)9-10-5-3-2-4-6-10/h2-6,11H,7-9H2,1H3,(H,17,18)(H2,15,16,19)/t11-/m0/s1. The van der Waals surface area contributed by atoms with Crippen LogP contribution >= 0.6 is 0 Å². The number of hydrogen-bond donors (Lipinski definition) is 3. The van der Waals surface area contributed by atoms with Crippen LogP contribution in [0.1, 0.15) is 25.3 Å². The summed E-state index contributed by atoms with van der Waals surface area (Å²) in [6, 6.07) is 7.93. The third-order valence-corrected chi connectivity index (χ3v) is 3.30. The van der Waals surface area contributed by atoms with Crippen molar-refractivity contribution < 1.29 is 14.7 Å². The van der Waals surface area contributed by atoms with Crippen molar-refractivity contribution >= 4 is 12.0 Å². The lowest BCUT2D eigenvalue weighted by molar-refractivity contribution is -0.139. The molecule has 1 aliphatic rings. The van der Waals surface area contributed by atoms with Gasteiger partial charge in [-0.3, -0.25) is 0 Å². The number of rotatable bonds is 5. The molecule has 2 amide bonds. The molecule has 0 aromatic heterocycles. The second kappa shape index (κ2) is 5.30. The maximum atomic E-state index is 11.7. The molecule has 0 radical (unpaired) electrons. The average molecular weight is 262 g/mol. The zero-order valence-corrected chi connectivity index (χ0v) is 10.8. The van der Waals surface area contributed by atoms with Crippen molar-refractivity contribution in [1.29, 1.82) is 0 Å². The number of amides is 2. The third-order valence-electron chi connectivity index (χ3n) is 3.30. The molecule has 1 aromatic rings. The average Bonchev–Trinajstić information content (AvgIpc) is 3.07. The summed E-state index contributed by atoms with van der Waals surface area (Å²) in [6.45, 7) is 1.94. The molecule has 0 spiro atoms. The van der Waals surface area contributed by atoms with E-state index < -0.39 is 18.0 Å². The van der Waals surface area contributed by atoms with Gasteiger partial charge in [-0.05, 0) is 25.3 Å². The Morgan fingerprint density at radius 3 is 2.47 bits per heavy atom. The van der Waals surface area contributed by atoms with Gasteiger partial charge in [0.15, 0.2) is 0 Å². The monoisotopic (exact) mass is 262 g/mol. The summed E-state index contributed by atoms with van der Waals surface area (Å²) in [5.41, 5.74) is 0.729. The summed E-state index contributed by atoms with van der Waals surface area (Å²) in [5, 5.41) is 14.5. The minimum Gasteiger partial charge on any atom is -0.480 e. The Morgan fingerprint density at radius 1 is 1.32 bits per heavy atom. The van der Waals surface area contributed by atoms with Crippen LogP contribution in [-0.2, 0) is 11.2 Å². The molecule has 1 aliphatic carbocycles. The molecule has 1 fully saturated rings. The molecule has 3 N–H and O–H groups in total. The van der Waals surface area contributed by atoms with Gasteiger partial charge in [-0.25, -0.2) is 9.59 Å². The highest BCUT2D eigenvalue weighted by molar-refractivity contribution is 5.83. The molecule has 0 bridgehead atoms. The minimum atomic E-state index is -1.03. The van der Waals surface area contributed by atoms with Crippen molar-refractivity contribution in [3.05, 3.63) is 35.9 Å². The van der Waals surface area contributed by atoms with Crippen LogP contribution in [0.15, 0.2) is 30.3 Å². The predicted molar refractivity (Wildman–Crippen MR) is 70.9 cm³/mol. The lowest BCUT2D eigenvalue weighted by Gasteiger charge is -2.17. The summed E-state index contributed by atoms with van der Waals surface area (Å²) in [7, 11) is 0. The summed E-state index contributed by atoms with van der Waals surface area (Å²) < 4.78 is 0. The molecule has 1 saturated carbocycles. The number of aliphatic carboxylic acids is 1. The van der Waals surface area contributed by atoms with Gasteiger partial charge in [-0.2, -0.15) is 0 Å². The van der Waals surface area contributed by atoms with Crippen molar-refractivity contribution in [2.75, 3.05) is 0 Å². The minimum absolute atomic E-state index is 0.153. The van der Waals surface area contributed by atoms with Gasteiger partial charge in [0.05, 0.1) is 0 Å². The molecule has 0 saturated heterocycles. The van der Waals surface area contributed by atoms with E-state index in [0.717, 1.165) is 18.4 Å². The van der Waals surface area contributed by atoms with E-state index in [1.165, 1.54) is 0 Å². The van der Waals surface area contributed by atoms with E-state index in [-0.39, 0.29) is 12.0 Å². The van der Waals surface area contributed by atoms with E-state index >= 15 is 0 Å². The van der Waals surface area contributed by atoms with E-state index in [9.17, 15) is 9.59 Å². The second-order valence-electron chi connectivity index (χ2n) is 5.24. The first-order valence-corrected chi connectivity index (χ1v) is 6.34. The smallest absolute Gasteiger partial charge is 0.326 e. The third kappa shape index (κ3) is 3.98. The topological polar surface area (TPSA) is 78.4 Å². The highest BCUT2D eigenvalue weighted by Gasteiger charge is 2.39. The SMILES string of the molecule is CC1(NC(=O)N[C@@H](Cc2ccccc2)C(=O)O)CC1. The summed E-state index contributed by atoms with van der Waals surface area (Å²) in [5.74, 6) is -1.03. The number of carbonyl (C=O) groups excluding carboxylic acids is 1. The highest BCUT2D eigenvalue weighted by atomic mass is 16.4. The largest absolute Gasteiger partial charge is 0.480 e. The Hall–Kier alpha value is -2.04. The molecule has 5 nitrogen and oxygen atoms in total. The van der Waals surface area contributed by atoms with Gasteiger partial charge in [-0.1, -0.05) is 30.3 Å². The van der Waals surface area contributed by atoms with Gasteiger partial charge >= 0.3 is 12.0 Å². The Kier molecular flexibility index (Phi) is 3.74. The number of urea groups is 1. The van der Waals surface area contributed by atoms with Crippen molar-refractivity contribution in [2.45, 2.75) is 37.8 Å². The molecule has 0 aliphatic heterocycles. The van der Waals surface area contributed by atoms with Crippen LogP contribution in [0, 0.1) is 0 Å². The molecule has 5 heteroatoms. The molecule has 102 valence electrons. The predicted octanol–water partition coefficient (Wildman–Crippen LogP) is 1.53. The van der Waals surface area contributed by atoms with Gasteiger partial charge in [0.2, 0.25) is 0 Å². The lowest BCUT2D eigenvalue weighted by Crippen LogP contribution is -2.50. The summed E-state index contributed by atoms with van der Waals surface area (Å²) in [6.07, 6.45) is 2.16. The molecule has 0 heterocycles. The number of hydrogen-bond acceptors (Lipinski definition) is 2. The molecule has 0 unspecified atom stereocenters. The molecule has 2 rings (SSSR count). The van der Waals surface area contributed by atoms with Crippen molar-refractivity contribution in [3.8, 4) is 0 Å². The van der Waals surface area contributed by atoms with Crippen LogP contribution < -0.4 is 10.6 Å². The fourth-order valence-corrected chi connectivity index (χ4v) is 1.83. The van der Waals surface area contributed by atoms with Crippen LogP contribution in [0.4, 0.5) is 4.79 Å². The number of carbonyl (C=O) groups is 2. The van der Waals surface area contributed by atoms with Crippen LogP contribution in [0.5, 0.6) is 0 Å². The van der Waals surface area contributed by atoms with E-state index in [1.54, 1.807) is 0 Å². The van der Waals surface area contributed by atoms with Gasteiger partial charge in [0.25, 0.3) is 0 Å². The van der Waals surface area contributed by atoms with E-state index in [1.807, 2.05) is 37.3 Å². The first-order valence-electron chi connectivity index (χ1n) is 6.34. The maximum Gasteiger partial charge on any atom is 0.326 e. The zero-order valence-electron chi connectivity index (χ0n) is 10.8. The summed E-state index contributed by atoms with van der Waals surface area (Å²) >= 11 is 0. The van der Waals surface area contributed by atoms with Gasteiger partial charge in [-0.15, -0.1) is 0 Å². The normalized spacial score (nSPS) is 17.3. The lowest BCUT2D eigenvalue weighted by atomic mass is 10.1. The molecule has 1 aromatic carbocycles. The molecular weight excluding hydrogens is 244 g/mol. The van der Waals surface area contributed by atoms with Crippen LogP contribution in [0.25, 0.3) is 0 Å². The van der Waals surface area contributed by atoms with Gasteiger partial charge in [0, 0.05) is 12.0 Å². The Balaban J connectivity index is 1.92. The first-order chi connectivity index (χ1) is 8.98. The Labute approximate surface area is 112 Å². The van der Waals surface area contributed by atoms with E-state index in [2.05, 4.69) is 10.6 Å². The molecule has 1 atom stereocenters. The second-order valence-corrected chi connectivity index (χ2v) is 5.24. The van der Waals surface area contributed by atoms with Crippen LogP contribution in [0.2, 0.25) is 0 Å². The van der Waals surface area contributed by atoms with Crippen molar-refractivity contribution in [3.63, 3.8) is 0 Å². The maximum absolute atomic E-state index is 11.7. The van der Waals surface area contributed by atoms with E-state index in [4.69, 9.17) is 5.11 Å². The van der Waals surface area contributed by atoms with Crippen LogP contribution in [-0.4, -0.2) is 28.7 Å². The highest BCUT2D eigenvalue weighted by Crippen LogP contribution is 2.33. The molecular formula is C14H18N2O3. The quantitative estimate of drug-likeness (QED) is 0.753. The number of benzene rings is 1. The first kappa shape index (κ1) is 13.4. The van der Waals surface area contributed by atoms with Gasteiger partial charge in [0.1, 0.15) is 6.04 Å². The number of carboxylic acids is 1. The van der Waals surface area contributed by atoms with Crippen molar-refractivity contribution in [1.82, 2.24) is 10.6 Å². The van der Waals surface area contributed by atoms with E-state index in [0.29, 0.717) is 0 Å². The fraction of sp³-hybridized carbons (Fsp3) is 0.429.